The summed E-state index contributed by atoms with van der Waals surface area (Å²) < 4.78 is 134. The molecule has 0 aliphatic rings. The van der Waals surface area contributed by atoms with Gasteiger partial charge in [0.25, 0.3) is 40.5 Å². The summed E-state index contributed by atoms with van der Waals surface area (Å²) in [6, 6.07) is 14.3. The minimum absolute atomic E-state index is 0.00401. The molecule has 0 bridgehead atoms. The van der Waals surface area contributed by atoms with Gasteiger partial charge in [0.1, 0.15) is 21.2 Å². The van der Waals surface area contributed by atoms with Gasteiger partial charge in [-0.2, -0.15) is 38.8 Å². The number of hydrogen-bond acceptors (Lipinski definition) is 15. The molecule has 6 aromatic rings. The van der Waals surface area contributed by atoms with Crippen molar-refractivity contribution in [3.63, 3.8) is 0 Å². The van der Waals surface area contributed by atoms with Gasteiger partial charge in [-0.1, -0.05) is 6.07 Å². The Morgan fingerprint density at radius 3 is 1.66 bits per heavy atom. The van der Waals surface area contributed by atoms with Crippen molar-refractivity contribution >= 4 is 101 Å². The van der Waals surface area contributed by atoms with E-state index >= 15 is 0 Å². The van der Waals surface area contributed by atoms with Crippen LogP contribution < -0.4 is 5.73 Å². The predicted octanol–water partition coefficient (Wildman–Crippen LogP) is 5.96. The highest BCUT2D eigenvalue weighted by Gasteiger charge is 2.25. The molecule has 0 unspecified atom stereocenters. The molecule has 0 radical (unpaired) electrons. The topological polar surface area (TPSA) is 333 Å². The zero-order valence-electron chi connectivity index (χ0n) is 26.0. The van der Waals surface area contributed by atoms with Crippen LogP contribution in [0, 0.1) is 0 Å². The standard InChI is InChI=1S/C30H21N5O14S4/c31-23-13-21-15(9-27(23)52(44,45)46)10-28(53(47,48)49)29(30(21)37)35-34-24-5-6-25(22-11-17(50(38,39)40)2-4-20(22)24)33-32-16-1-3-19-14(7-16)8-18(12-26(19)36)51(41,42)43/h1-13,36-37H,31H2,(H,38,39,40)(H,41,42,43)(H,44,45,46)(H,47,48,49). The average Bonchev–Trinajstić information content (AvgIpc) is 3.05. The van der Waals surface area contributed by atoms with Gasteiger partial charge in [0, 0.05) is 27.6 Å². The lowest BCUT2D eigenvalue weighted by Gasteiger charge is -2.11. The molecule has 0 fully saturated rings. The van der Waals surface area contributed by atoms with E-state index in [4.69, 9.17) is 5.73 Å². The molecule has 0 amide bonds. The number of benzene rings is 6. The molecule has 0 aromatic heterocycles. The van der Waals surface area contributed by atoms with E-state index < -0.39 is 82.9 Å². The molecule has 6 aromatic carbocycles. The molecule has 0 saturated carbocycles. The van der Waals surface area contributed by atoms with Gasteiger partial charge in [0.2, 0.25) is 0 Å². The summed E-state index contributed by atoms with van der Waals surface area (Å²) in [6.07, 6.45) is 0. The van der Waals surface area contributed by atoms with E-state index in [9.17, 15) is 62.1 Å². The summed E-state index contributed by atoms with van der Waals surface area (Å²) >= 11 is 0. The van der Waals surface area contributed by atoms with Gasteiger partial charge in [-0.25, -0.2) is 0 Å². The molecule has 0 aliphatic heterocycles. The van der Waals surface area contributed by atoms with Crippen LogP contribution in [0.15, 0.2) is 119 Å². The molecular formula is C30H21N5O14S4. The van der Waals surface area contributed by atoms with Crippen LogP contribution in [0.4, 0.5) is 28.4 Å². The highest BCUT2D eigenvalue weighted by Crippen LogP contribution is 2.44. The second-order valence-electron chi connectivity index (χ2n) is 11.1. The summed E-state index contributed by atoms with van der Waals surface area (Å²) in [5, 5.41) is 37.2. The van der Waals surface area contributed by atoms with Crippen LogP contribution in [-0.4, -0.2) is 62.1 Å². The first-order valence-electron chi connectivity index (χ1n) is 14.2. The number of rotatable bonds is 8. The number of phenols is 2. The summed E-state index contributed by atoms with van der Waals surface area (Å²) in [7, 11) is -19.5. The lowest BCUT2D eigenvalue weighted by atomic mass is 10.1. The molecule has 6 rings (SSSR count). The molecule has 274 valence electrons. The second-order valence-corrected chi connectivity index (χ2v) is 16.8. The summed E-state index contributed by atoms with van der Waals surface area (Å²) in [5.41, 5.74) is 4.39. The summed E-state index contributed by atoms with van der Waals surface area (Å²) in [6.45, 7) is 0. The van der Waals surface area contributed by atoms with E-state index in [1.807, 2.05) is 0 Å². The van der Waals surface area contributed by atoms with Crippen LogP contribution in [0.5, 0.6) is 11.5 Å². The Bertz CT molecular complexity index is 3100. The number of nitrogen functional groups attached to an aromatic ring is 1. The molecule has 0 aliphatic carbocycles. The molecule has 0 atom stereocenters. The highest BCUT2D eigenvalue weighted by atomic mass is 32.2. The predicted molar refractivity (Wildman–Crippen MR) is 187 cm³/mol. The Balaban J connectivity index is 1.49. The van der Waals surface area contributed by atoms with Crippen molar-refractivity contribution in [2.24, 2.45) is 20.5 Å². The molecule has 0 heterocycles. The molecule has 19 nitrogen and oxygen atoms in total. The normalized spacial score (nSPS) is 13.2. The minimum Gasteiger partial charge on any atom is -0.507 e. The number of phenolic OH excluding ortho intramolecular Hbond substituents is 2. The maximum atomic E-state index is 12.3. The van der Waals surface area contributed by atoms with Gasteiger partial charge < -0.3 is 15.9 Å². The third-order valence-electron chi connectivity index (χ3n) is 7.69. The lowest BCUT2D eigenvalue weighted by Crippen LogP contribution is -2.04. The van der Waals surface area contributed by atoms with Gasteiger partial charge in [-0.05, 0) is 77.5 Å². The van der Waals surface area contributed by atoms with Crippen LogP contribution in [0.3, 0.4) is 0 Å². The van der Waals surface area contributed by atoms with Crippen LogP contribution >= 0.6 is 0 Å². The molecule has 53 heavy (non-hydrogen) atoms. The number of hydrogen-bond donors (Lipinski definition) is 7. The van der Waals surface area contributed by atoms with Crippen molar-refractivity contribution < 1.29 is 62.1 Å². The fraction of sp³-hybridized carbons (Fsp3) is 0. The number of anilines is 1. The quantitative estimate of drug-likeness (QED) is 0.0530. The number of nitrogens with two attached hydrogens (primary N) is 1. The highest BCUT2D eigenvalue weighted by molar-refractivity contribution is 7.86. The Labute approximate surface area is 298 Å². The van der Waals surface area contributed by atoms with Crippen LogP contribution in [0.25, 0.3) is 32.3 Å². The van der Waals surface area contributed by atoms with Crippen molar-refractivity contribution in [1.82, 2.24) is 0 Å². The van der Waals surface area contributed by atoms with E-state index in [1.165, 1.54) is 36.4 Å². The van der Waals surface area contributed by atoms with E-state index in [2.05, 4.69) is 20.5 Å². The Morgan fingerprint density at radius 1 is 0.472 bits per heavy atom. The van der Waals surface area contributed by atoms with Crippen molar-refractivity contribution in [2.75, 3.05) is 5.73 Å². The lowest BCUT2D eigenvalue weighted by molar-refractivity contribution is 0.470. The minimum atomic E-state index is -5.18. The first-order chi connectivity index (χ1) is 24.5. The van der Waals surface area contributed by atoms with Crippen molar-refractivity contribution in [3.05, 3.63) is 78.9 Å². The van der Waals surface area contributed by atoms with Gasteiger partial charge in [0.15, 0.2) is 5.75 Å². The Morgan fingerprint density at radius 2 is 1.04 bits per heavy atom. The first kappa shape index (κ1) is 37.1. The monoisotopic (exact) mass is 803 g/mol. The SMILES string of the molecule is Nc1cc2c(O)c(N=Nc3ccc(N=Nc4ccc5c(O)cc(S(=O)(=O)O)cc5c4)c4cc(S(=O)(=O)O)ccc34)c(S(=O)(=O)O)cc2cc1S(=O)(=O)O. The van der Waals surface area contributed by atoms with Gasteiger partial charge >= 0.3 is 0 Å². The van der Waals surface area contributed by atoms with Crippen LogP contribution in [0.2, 0.25) is 0 Å². The Kier molecular flexibility index (Phi) is 8.95. The van der Waals surface area contributed by atoms with E-state index in [0.717, 1.165) is 42.5 Å². The number of nitrogens with zero attached hydrogens (tertiary/aromatic N) is 4. The molecular weight excluding hydrogens is 783 g/mol. The molecule has 0 saturated heterocycles. The third kappa shape index (κ3) is 7.35. The second kappa shape index (κ2) is 12.8. The third-order valence-corrected chi connectivity index (χ3v) is 11.2. The van der Waals surface area contributed by atoms with E-state index in [-0.39, 0.29) is 49.4 Å². The zero-order chi connectivity index (χ0) is 38.8. The van der Waals surface area contributed by atoms with Gasteiger partial charge in [0.05, 0.1) is 32.5 Å². The number of aromatic hydroxyl groups is 2. The first-order valence-corrected chi connectivity index (χ1v) is 19.9. The average molecular weight is 804 g/mol. The number of azo groups is 2. The fourth-order valence-electron chi connectivity index (χ4n) is 5.28. The van der Waals surface area contributed by atoms with Gasteiger partial charge in [-0.3, -0.25) is 18.2 Å². The smallest absolute Gasteiger partial charge is 0.296 e. The van der Waals surface area contributed by atoms with Crippen LogP contribution in [0.1, 0.15) is 0 Å². The largest absolute Gasteiger partial charge is 0.507 e. The van der Waals surface area contributed by atoms with E-state index in [0.29, 0.717) is 0 Å². The number of fused-ring (bicyclic) bond motifs is 3. The molecule has 23 heteroatoms. The fourth-order valence-corrected chi connectivity index (χ4v) is 7.61. The van der Waals surface area contributed by atoms with Crippen molar-refractivity contribution in [1.29, 1.82) is 0 Å². The van der Waals surface area contributed by atoms with E-state index in [1.54, 1.807) is 0 Å². The maximum absolute atomic E-state index is 12.3. The summed E-state index contributed by atoms with van der Waals surface area (Å²) in [4.78, 5) is -2.98. The summed E-state index contributed by atoms with van der Waals surface area (Å²) in [5.74, 6) is -1.36. The zero-order valence-corrected chi connectivity index (χ0v) is 29.2. The van der Waals surface area contributed by atoms with Crippen LogP contribution in [-0.2, 0) is 40.5 Å². The van der Waals surface area contributed by atoms with Crippen molar-refractivity contribution in [3.8, 4) is 11.5 Å². The maximum Gasteiger partial charge on any atom is 0.296 e. The van der Waals surface area contributed by atoms with Gasteiger partial charge in [-0.15, -0.1) is 15.3 Å². The van der Waals surface area contributed by atoms with Crippen molar-refractivity contribution in [2.45, 2.75) is 19.6 Å². The Hall–Kier alpha value is -5.66. The molecule has 8 N–H and O–H groups in total. The molecule has 0 spiro atoms.